The summed E-state index contributed by atoms with van der Waals surface area (Å²) in [5.41, 5.74) is 5.94. The van der Waals surface area contributed by atoms with E-state index in [0.717, 1.165) is 51.4 Å². The van der Waals surface area contributed by atoms with Gasteiger partial charge in [0, 0.05) is 31.1 Å². The van der Waals surface area contributed by atoms with Crippen LogP contribution in [0, 0.1) is 5.92 Å². The predicted octanol–water partition coefficient (Wildman–Crippen LogP) is 0.577. The topological polar surface area (TPSA) is 92.5 Å². The molecule has 0 radical (unpaired) electrons. The highest BCUT2D eigenvalue weighted by molar-refractivity contribution is 7.90. The summed E-state index contributed by atoms with van der Waals surface area (Å²) in [5, 5.41) is 2.97. The van der Waals surface area contributed by atoms with E-state index in [1.807, 2.05) is 0 Å². The average molecular weight is 329 g/mol. The first-order valence-electron chi connectivity index (χ1n) is 8.51. The smallest absolute Gasteiger partial charge is 0.223 e. The van der Waals surface area contributed by atoms with Gasteiger partial charge in [0.05, 0.1) is 5.25 Å². The zero-order valence-corrected chi connectivity index (χ0v) is 13.9. The van der Waals surface area contributed by atoms with Crippen LogP contribution < -0.4 is 11.1 Å². The Balaban J connectivity index is 1.46. The largest absolute Gasteiger partial charge is 0.353 e. The van der Waals surface area contributed by atoms with E-state index in [1.54, 1.807) is 4.31 Å². The van der Waals surface area contributed by atoms with Crippen LogP contribution in [-0.2, 0) is 14.8 Å². The average Bonchev–Trinajstić information content (AvgIpc) is 3.33. The Morgan fingerprint density at radius 3 is 2.32 bits per heavy atom. The van der Waals surface area contributed by atoms with Crippen molar-refractivity contribution in [3.05, 3.63) is 0 Å². The Bertz CT molecular complexity index is 510. The van der Waals surface area contributed by atoms with Crippen molar-refractivity contribution in [3.8, 4) is 0 Å². The summed E-state index contributed by atoms with van der Waals surface area (Å²) >= 11 is 0. The molecule has 1 heterocycles. The van der Waals surface area contributed by atoms with Crippen molar-refractivity contribution in [2.45, 2.75) is 68.7 Å². The maximum atomic E-state index is 12.3. The molecule has 2 aliphatic carbocycles. The fraction of sp³-hybridized carbons (Fsp3) is 0.933. The van der Waals surface area contributed by atoms with E-state index in [2.05, 4.69) is 5.32 Å². The molecule has 3 fully saturated rings. The molecule has 3 aliphatic rings. The molecule has 0 aromatic heterocycles. The molecule has 3 rings (SSSR count). The second-order valence-electron chi connectivity index (χ2n) is 7.05. The maximum Gasteiger partial charge on any atom is 0.223 e. The van der Waals surface area contributed by atoms with E-state index >= 15 is 0 Å². The molecular weight excluding hydrogens is 302 g/mol. The van der Waals surface area contributed by atoms with Crippen LogP contribution in [0.1, 0.15) is 51.4 Å². The van der Waals surface area contributed by atoms with Gasteiger partial charge in [-0.15, -0.1) is 0 Å². The van der Waals surface area contributed by atoms with Gasteiger partial charge < -0.3 is 11.1 Å². The lowest BCUT2D eigenvalue weighted by Crippen LogP contribution is -2.49. The minimum Gasteiger partial charge on any atom is -0.353 e. The third-order valence-electron chi connectivity index (χ3n) is 5.19. The Hall–Kier alpha value is -0.660. The van der Waals surface area contributed by atoms with Gasteiger partial charge in [-0.2, -0.15) is 0 Å². The van der Waals surface area contributed by atoms with Crippen LogP contribution in [0.3, 0.4) is 0 Å². The molecular formula is C15H27N3O3S. The van der Waals surface area contributed by atoms with Gasteiger partial charge in [0.1, 0.15) is 0 Å². The van der Waals surface area contributed by atoms with Gasteiger partial charge in [-0.3, -0.25) is 4.79 Å². The molecule has 0 spiro atoms. The van der Waals surface area contributed by atoms with Crippen molar-refractivity contribution in [2.24, 2.45) is 11.7 Å². The van der Waals surface area contributed by atoms with Gasteiger partial charge in [0.15, 0.2) is 0 Å². The summed E-state index contributed by atoms with van der Waals surface area (Å²) in [5.74, 6) is 0.149. The van der Waals surface area contributed by atoms with Gasteiger partial charge in [-0.05, 0) is 44.9 Å². The van der Waals surface area contributed by atoms with Crippen molar-refractivity contribution in [3.63, 3.8) is 0 Å². The number of hydrogen-bond donors (Lipinski definition) is 2. The first-order chi connectivity index (χ1) is 10.5. The molecule has 2 saturated carbocycles. The predicted molar refractivity (Wildman–Crippen MR) is 84.6 cm³/mol. The van der Waals surface area contributed by atoms with Crippen molar-refractivity contribution in [1.82, 2.24) is 9.62 Å². The number of rotatable bonds is 4. The summed E-state index contributed by atoms with van der Waals surface area (Å²) in [7, 11) is -3.06. The molecule has 2 atom stereocenters. The van der Waals surface area contributed by atoms with Crippen LogP contribution in [0.15, 0.2) is 0 Å². The molecule has 22 heavy (non-hydrogen) atoms. The summed E-state index contributed by atoms with van der Waals surface area (Å²) in [6.07, 6.45) is 6.79. The molecule has 0 aromatic rings. The summed E-state index contributed by atoms with van der Waals surface area (Å²) < 4.78 is 26.0. The van der Waals surface area contributed by atoms with E-state index in [9.17, 15) is 13.2 Å². The molecule has 1 amide bonds. The third kappa shape index (κ3) is 3.63. The van der Waals surface area contributed by atoms with Crippen LogP contribution in [0.4, 0.5) is 0 Å². The summed E-state index contributed by atoms with van der Waals surface area (Å²) in [6, 6.07) is 0.256. The van der Waals surface area contributed by atoms with Crippen LogP contribution in [0.2, 0.25) is 0 Å². The van der Waals surface area contributed by atoms with Crippen LogP contribution >= 0.6 is 0 Å². The number of nitrogens with zero attached hydrogens (tertiary/aromatic N) is 1. The second-order valence-corrected chi connectivity index (χ2v) is 9.26. The fourth-order valence-electron chi connectivity index (χ4n) is 3.62. The number of hydrogen-bond acceptors (Lipinski definition) is 4. The molecule has 7 heteroatoms. The number of carbonyl (C=O) groups excluding carboxylic acids is 1. The molecule has 126 valence electrons. The first kappa shape index (κ1) is 16.2. The molecule has 0 aromatic carbocycles. The van der Waals surface area contributed by atoms with E-state index in [-0.39, 0.29) is 29.2 Å². The normalized spacial score (nSPS) is 31.9. The lowest BCUT2D eigenvalue weighted by molar-refractivity contribution is -0.127. The highest BCUT2D eigenvalue weighted by Gasteiger charge is 2.41. The van der Waals surface area contributed by atoms with Crippen molar-refractivity contribution >= 4 is 15.9 Å². The van der Waals surface area contributed by atoms with Gasteiger partial charge in [-0.1, -0.05) is 6.42 Å². The SMILES string of the molecule is NC1CCCC(C(=O)NC2CCN(S(=O)(=O)C3CC3)CC2)C1. The molecule has 6 nitrogen and oxygen atoms in total. The molecule has 3 N–H and O–H groups in total. The number of nitrogens with one attached hydrogen (secondary N) is 1. The summed E-state index contributed by atoms with van der Waals surface area (Å²) in [6.45, 7) is 1.07. The lowest BCUT2D eigenvalue weighted by Gasteiger charge is -2.33. The number of sulfonamides is 1. The van der Waals surface area contributed by atoms with E-state index in [1.165, 1.54) is 0 Å². The van der Waals surface area contributed by atoms with E-state index in [0.29, 0.717) is 13.1 Å². The molecule has 1 aliphatic heterocycles. The van der Waals surface area contributed by atoms with Crippen molar-refractivity contribution < 1.29 is 13.2 Å². The standard InChI is InChI=1S/C15H27N3O3S/c16-12-3-1-2-11(10-12)15(19)17-13-6-8-18(9-7-13)22(20,21)14-4-5-14/h11-14H,1-10,16H2,(H,17,19). The van der Waals surface area contributed by atoms with Crippen LogP contribution in [0.25, 0.3) is 0 Å². The second kappa shape index (κ2) is 6.45. The zero-order valence-electron chi connectivity index (χ0n) is 13.0. The monoisotopic (exact) mass is 329 g/mol. The zero-order chi connectivity index (χ0) is 15.7. The van der Waals surface area contributed by atoms with Crippen LogP contribution in [-0.4, -0.2) is 49.1 Å². The maximum absolute atomic E-state index is 12.3. The Labute approximate surface area is 132 Å². The lowest BCUT2D eigenvalue weighted by atomic mass is 9.85. The van der Waals surface area contributed by atoms with Crippen molar-refractivity contribution in [1.29, 1.82) is 0 Å². The first-order valence-corrected chi connectivity index (χ1v) is 10.0. The molecule has 1 saturated heterocycles. The van der Waals surface area contributed by atoms with Gasteiger partial charge >= 0.3 is 0 Å². The Morgan fingerprint density at radius 1 is 1.05 bits per heavy atom. The summed E-state index contributed by atoms with van der Waals surface area (Å²) in [4.78, 5) is 12.3. The third-order valence-corrected chi connectivity index (χ3v) is 7.59. The van der Waals surface area contributed by atoms with E-state index in [4.69, 9.17) is 5.73 Å². The minimum absolute atomic E-state index is 0.0389. The van der Waals surface area contributed by atoms with E-state index < -0.39 is 10.0 Å². The van der Waals surface area contributed by atoms with Crippen molar-refractivity contribution in [2.75, 3.05) is 13.1 Å². The quantitative estimate of drug-likeness (QED) is 0.789. The fourth-order valence-corrected chi connectivity index (χ4v) is 5.49. The van der Waals surface area contributed by atoms with Crippen LogP contribution in [0.5, 0.6) is 0 Å². The van der Waals surface area contributed by atoms with Gasteiger partial charge in [0.25, 0.3) is 0 Å². The Morgan fingerprint density at radius 2 is 1.73 bits per heavy atom. The number of amides is 1. The highest BCUT2D eigenvalue weighted by atomic mass is 32.2. The number of piperidine rings is 1. The van der Waals surface area contributed by atoms with Gasteiger partial charge in [-0.25, -0.2) is 12.7 Å². The molecule has 2 unspecified atom stereocenters. The van der Waals surface area contributed by atoms with Gasteiger partial charge in [0.2, 0.25) is 15.9 Å². The highest BCUT2D eigenvalue weighted by Crippen LogP contribution is 2.32. The Kier molecular flexibility index (Phi) is 4.75. The number of carbonyl (C=O) groups is 1. The number of nitrogens with two attached hydrogens (primary N) is 1. The molecule has 0 bridgehead atoms. The minimum atomic E-state index is -3.06.